The van der Waals surface area contributed by atoms with Crippen LogP contribution in [0.2, 0.25) is 0 Å². The van der Waals surface area contributed by atoms with Crippen LogP contribution in [0, 0.1) is 11.3 Å². The maximum absolute atomic E-state index is 9.60. The van der Waals surface area contributed by atoms with E-state index in [-0.39, 0.29) is 5.41 Å². The summed E-state index contributed by atoms with van der Waals surface area (Å²) in [6.07, 6.45) is 0. The van der Waals surface area contributed by atoms with Gasteiger partial charge in [0.05, 0.1) is 34.1 Å². The van der Waals surface area contributed by atoms with Crippen molar-refractivity contribution in [3.8, 4) is 67.7 Å². The number of para-hydroxylation sites is 1. The number of benzene rings is 7. The number of nitriles is 1. The number of fused-ring (bicyclic) bond motifs is 6. The molecule has 0 bridgehead atoms. The van der Waals surface area contributed by atoms with Crippen LogP contribution in [-0.4, -0.2) is 9.55 Å². The van der Waals surface area contributed by atoms with Gasteiger partial charge in [-0.1, -0.05) is 129 Å². The normalized spacial score (nSPS) is 12.8. The van der Waals surface area contributed by atoms with E-state index in [1.54, 1.807) is 0 Å². The third-order valence-electron chi connectivity index (χ3n) is 11.2. The van der Waals surface area contributed by atoms with Gasteiger partial charge >= 0.3 is 0 Å². The van der Waals surface area contributed by atoms with Crippen molar-refractivity contribution in [1.29, 1.82) is 5.26 Å². The quantitative estimate of drug-likeness (QED) is 0.180. The average molecular weight is 690 g/mol. The van der Waals surface area contributed by atoms with Crippen LogP contribution in [0.25, 0.3) is 83.4 Å². The number of hydrogen-bond donors (Lipinski definition) is 0. The Kier molecular flexibility index (Phi) is 7.22. The Balaban J connectivity index is 1.26. The maximum atomic E-state index is 9.60. The van der Waals surface area contributed by atoms with Crippen molar-refractivity contribution >= 4 is 21.8 Å². The minimum Gasteiger partial charge on any atom is -0.309 e. The largest absolute Gasteiger partial charge is 0.309 e. The Labute approximate surface area is 315 Å². The molecule has 0 saturated heterocycles. The van der Waals surface area contributed by atoms with Gasteiger partial charge in [-0.3, -0.25) is 0 Å². The first-order valence-corrected chi connectivity index (χ1v) is 18.4. The average Bonchev–Trinajstić information content (AvgIpc) is 3.68. The molecule has 0 atom stereocenters. The standard InChI is InChI=1S/C51H35N3/c1-51(2)45-19-11-9-17-41(45)43-31-50-44(30-46(43)51)42-18-10-12-20-49(42)54(50)40-26-37(34-23-21-33(32-52)22-24-34)25-38(27-40)39-28-47(35-13-5-3-6-14-35)53-48(29-39)36-15-7-4-8-16-36/h3-31H,1-2H3. The van der Waals surface area contributed by atoms with E-state index >= 15 is 0 Å². The Bertz CT molecular complexity index is 2890. The van der Waals surface area contributed by atoms with Crippen LogP contribution in [0.3, 0.4) is 0 Å². The lowest BCUT2D eigenvalue weighted by atomic mass is 9.82. The van der Waals surface area contributed by atoms with Gasteiger partial charge in [-0.2, -0.15) is 5.26 Å². The van der Waals surface area contributed by atoms with Gasteiger partial charge in [0.1, 0.15) is 0 Å². The molecule has 1 aliphatic rings. The van der Waals surface area contributed by atoms with Gasteiger partial charge in [0.2, 0.25) is 0 Å². The lowest BCUT2D eigenvalue weighted by Crippen LogP contribution is -2.14. The molecule has 2 aromatic heterocycles. The van der Waals surface area contributed by atoms with Crippen molar-refractivity contribution in [2.24, 2.45) is 0 Å². The van der Waals surface area contributed by atoms with E-state index in [1.165, 1.54) is 38.5 Å². The molecule has 0 N–H and O–H groups in total. The van der Waals surface area contributed by atoms with Crippen molar-refractivity contribution in [3.05, 3.63) is 193 Å². The van der Waals surface area contributed by atoms with E-state index < -0.39 is 0 Å². The molecule has 10 rings (SSSR count). The van der Waals surface area contributed by atoms with Crippen molar-refractivity contribution in [1.82, 2.24) is 9.55 Å². The van der Waals surface area contributed by atoms with E-state index in [9.17, 15) is 5.26 Å². The Hall–Kier alpha value is -7.02. The molecule has 3 nitrogen and oxygen atoms in total. The van der Waals surface area contributed by atoms with Gasteiger partial charge in [-0.25, -0.2) is 4.98 Å². The summed E-state index contributed by atoms with van der Waals surface area (Å²) in [6.45, 7) is 4.69. The van der Waals surface area contributed by atoms with Gasteiger partial charge in [-0.05, 0) is 105 Å². The number of rotatable bonds is 5. The van der Waals surface area contributed by atoms with Crippen LogP contribution in [0.4, 0.5) is 0 Å². The molecule has 254 valence electrons. The molecule has 9 aromatic rings. The molecule has 0 radical (unpaired) electrons. The molecule has 0 saturated carbocycles. The van der Waals surface area contributed by atoms with E-state index in [1.807, 2.05) is 24.3 Å². The smallest absolute Gasteiger partial charge is 0.0991 e. The second-order valence-electron chi connectivity index (χ2n) is 14.8. The van der Waals surface area contributed by atoms with Crippen molar-refractivity contribution in [3.63, 3.8) is 0 Å². The highest BCUT2D eigenvalue weighted by atomic mass is 15.0. The summed E-state index contributed by atoms with van der Waals surface area (Å²) in [5.74, 6) is 0. The first kappa shape index (κ1) is 31.7. The SMILES string of the molecule is CC1(C)c2ccccc2-c2cc3c(cc21)c1ccccc1n3-c1cc(-c2ccc(C#N)cc2)cc(-c2cc(-c3ccccc3)nc(-c3ccccc3)c2)c1. The zero-order valence-corrected chi connectivity index (χ0v) is 30.1. The summed E-state index contributed by atoms with van der Waals surface area (Å²) < 4.78 is 2.44. The van der Waals surface area contributed by atoms with Crippen molar-refractivity contribution < 1.29 is 0 Å². The molecule has 7 aromatic carbocycles. The van der Waals surface area contributed by atoms with Crippen molar-refractivity contribution in [2.75, 3.05) is 0 Å². The first-order valence-electron chi connectivity index (χ1n) is 18.4. The topological polar surface area (TPSA) is 41.6 Å². The van der Waals surface area contributed by atoms with Crippen LogP contribution in [0.1, 0.15) is 30.5 Å². The van der Waals surface area contributed by atoms with Gasteiger partial charge in [0.25, 0.3) is 0 Å². The summed E-state index contributed by atoms with van der Waals surface area (Å²) in [4.78, 5) is 5.18. The highest BCUT2D eigenvalue weighted by Gasteiger charge is 2.36. The number of pyridine rings is 1. The maximum Gasteiger partial charge on any atom is 0.0991 e. The molecule has 3 heteroatoms. The number of hydrogen-bond acceptors (Lipinski definition) is 2. The fourth-order valence-corrected chi connectivity index (χ4v) is 8.46. The fraction of sp³-hybridized carbons (Fsp3) is 0.0588. The summed E-state index contributed by atoms with van der Waals surface area (Å²) in [5, 5.41) is 12.1. The minimum absolute atomic E-state index is 0.0970. The van der Waals surface area contributed by atoms with Crippen LogP contribution in [-0.2, 0) is 5.41 Å². The highest BCUT2D eigenvalue weighted by molar-refractivity contribution is 6.11. The molecule has 2 heterocycles. The van der Waals surface area contributed by atoms with Crippen molar-refractivity contribution in [2.45, 2.75) is 19.3 Å². The molecule has 0 amide bonds. The van der Waals surface area contributed by atoms with Crippen LogP contribution >= 0.6 is 0 Å². The third-order valence-corrected chi connectivity index (χ3v) is 11.2. The minimum atomic E-state index is -0.0970. The Morgan fingerprint density at radius 3 is 1.74 bits per heavy atom. The van der Waals surface area contributed by atoms with Gasteiger partial charge < -0.3 is 4.57 Å². The molecule has 54 heavy (non-hydrogen) atoms. The van der Waals surface area contributed by atoms with Crippen LogP contribution < -0.4 is 0 Å². The lowest BCUT2D eigenvalue weighted by molar-refractivity contribution is 0.661. The Morgan fingerprint density at radius 1 is 0.463 bits per heavy atom. The molecule has 0 aliphatic heterocycles. The van der Waals surface area contributed by atoms with Gasteiger partial charge in [0.15, 0.2) is 0 Å². The van der Waals surface area contributed by atoms with Gasteiger partial charge in [-0.15, -0.1) is 0 Å². The summed E-state index contributed by atoms with van der Waals surface area (Å²) >= 11 is 0. The molecule has 0 unspecified atom stereocenters. The molecule has 0 fully saturated rings. The van der Waals surface area contributed by atoms with E-state index in [2.05, 4.69) is 176 Å². The van der Waals surface area contributed by atoms with E-state index in [4.69, 9.17) is 4.98 Å². The lowest BCUT2D eigenvalue weighted by Gasteiger charge is -2.21. The summed E-state index contributed by atoms with van der Waals surface area (Å²) in [6, 6.07) is 64.8. The van der Waals surface area contributed by atoms with E-state index in [0.29, 0.717) is 5.56 Å². The predicted octanol–water partition coefficient (Wildman–Crippen LogP) is 13.0. The highest BCUT2D eigenvalue weighted by Crippen LogP contribution is 2.51. The molecule has 1 aliphatic carbocycles. The molecular formula is C51H35N3. The Morgan fingerprint density at radius 2 is 1.06 bits per heavy atom. The second kappa shape index (κ2) is 12.3. The van der Waals surface area contributed by atoms with Crippen LogP contribution in [0.5, 0.6) is 0 Å². The fourth-order valence-electron chi connectivity index (χ4n) is 8.46. The third kappa shape index (κ3) is 5.07. The van der Waals surface area contributed by atoms with E-state index in [0.717, 1.165) is 56.0 Å². The second-order valence-corrected chi connectivity index (χ2v) is 14.8. The van der Waals surface area contributed by atoms with Gasteiger partial charge in [0, 0.05) is 33.0 Å². The predicted molar refractivity (Wildman–Crippen MR) is 223 cm³/mol. The van der Waals surface area contributed by atoms with Crippen LogP contribution in [0.15, 0.2) is 176 Å². The monoisotopic (exact) mass is 689 g/mol. The zero-order chi connectivity index (χ0) is 36.4. The number of nitrogens with zero attached hydrogens (tertiary/aromatic N) is 3. The molecular weight excluding hydrogens is 655 g/mol. The first-order chi connectivity index (χ1) is 26.5. The molecule has 0 spiro atoms. The number of aromatic nitrogens is 2. The zero-order valence-electron chi connectivity index (χ0n) is 30.1. The summed E-state index contributed by atoms with van der Waals surface area (Å²) in [5.41, 5.74) is 17.6. The summed E-state index contributed by atoms with van der Waals surface area (Å²) in [7, 11) is 0.